The van der Waals surface area contributed by atoms with Crippen LogP contribution >= 0.6 is 19.3 Å². The van der Waals surface area contributed by atoms with E-state index in [1.807, 2.05) is 6.92 Å². The molecule has 8 heavy (non-hydrogen) atoms. The molecule has 0 heterocycles. The molecule has 0 aliphatic rings. The first-order valence-corrected chi connectivity index (χ1v) is 10.2. The van der Waals surface area contributed by atoms with Crippen molar-refractivity contribution in [3.63, 3.8) is 0 Å². The Labute approximate surface area is 67.1 Å². The van der Waals surface area contributed by atoms with Gasteiger partial charge in [0.25, 0.3) is 0 Å². The summed E-state index contributed by atoms with van der Waals surface area (Å²) in [7, 11) is 9.90. The first-order valence-electron chi connectivity index (χ1n) is 2.40. The Bertz CT molecular complexity index is 57.4. The zero-order chi connectivity index (χ0) is 6.99. The first kappa shape index (κ1) is 11.7. The average molecular weight is 212 g/mol. The molecule has 0 aliphatic carbocycles. The maximum atomic E-state index is 4.95. The van der Waals surface area contributed by atoms with Crippen LogP contribution in [-0.4, -0.2) is 15.4 Å². The van der Waals surface area contributed by atoms with E-state index in [1.165, 1.54) is 5.57 Å². The van der Waals surface area contributed by atoms with Crippen LogP contribution in [0.1, 0.15) is 20.8 Å². The second-order valence-corrected chi connectivity index (χ2v) is 6.09. The van der Waals surface area contributed by atoms with Gasteiger partial charge in [-0.15, -0.1) is 0 Å². The number of allylic oxidation sites excluding steroid dienone is 2. The third kappa shape index (κ3) is 28.2. The van der Waals surface area contributed by atoms with Crippen LogP contribution in [0.25, 0.3) is 0 Å². The normalized spacial score (nSPS) is 6.12. The van der Waals surface area contributed by atoms with Crippen LogP contribution in [0.5, 0.6) is 0 Å². The summed E-state index contributed by atoms with van der Waals surface area (Å²) in [6, 6.07) is 0. The van der Waals surface area contributed by atoms with Gasteiger partial charge in [0.05, 0.1) is 0 Å². The summed E-state index contributed by atoms with van der Waals surface area (Å²) in [6.07, 6.45) is 2.08. The quantitative estimate of drug-likeness (QED) is 0.427. The third-order valence-corrected chi connectivity index (χ3v) is 0.577. The van der Waals surface area contributed by atoms with Crippen molar-refractivity contribution in [3.8, 4) is 0 Å². The van der Waals surface area contributed by atoms with Gasteiger partial charge in [0, 0.05) is 0 Å². The van der Waals surface area contributed by atoms with Gasteiger partial charge in [0.2, 0.25) is 0 Å². The Hall–Kier alpha value is 0.956. The summed E-state index contributed by atoms with van der Waals surface area (Å²) in [5.74, 6) is 0. The fourth-order valence-electron chi connectivity index (χ4n) is 0. The van der Waals surface area contributed by atoms with Crippen molar-refractivity contribution in [1.29, 1.82) is 0 Å². The van der Waals surface area contributed by atoms with Crippen LogP contribution in [0, 0.1) is 0 Å². The first-order chi connectivity index (χ1) is 3.68. The van der Waals surface area contributed by atoms with Crippen LogP contribution < -0.4 is 0 Å². The van der Waals surface area contributed by atoms with Crippen molar-refractivity contribution in [2.24, 2.45) is 0 Å². The summed E-state index contributed by atoms with van der Waals surface area (Å²) >= 11 is -0.931. The van der Waals surface area contributed by atoms with Crippen molar-refractivity contribution >= 4 is 34.7 Å². The van der Waals surface area contributed by atoms with Crippen molar-refractivity contribution in [2.75, 3.05) is 0 Å². The van der Waals surface area contributed by atoms with Gasteiger partial charge in [-0.25, -0.2) is 0 Å². The molecule has 0 atom stereocenters. The van der Waals surface area contributed by atoms with E-state index in [4.69, 9.17) is 19.3 Å². The summed E-state index contributed by atoms with van der Waals surface area (Å²) in [6.45, 7) is 6.20. The van der Waals surface area contributed by atoms with Crippen LogP contribution in [0.15, 0.2) is 11.6 Å². The summed E-state index contributed by atoms with van der Waals surface area (Å²) in [4.78, 5) is 0. The van der Waals surface area contributed by atoms with E-state index >= 15 is 0 Å². The Morgan fingerprint density at radius 1 is 1.38 bits per heavy atom. The molecule has 0 aromatic rings. The zero-order valence-electron chi connectivity index (χ0n) is 5.54. The number of hydrogen-bond donors (Lipinski definition) is 0. The Morgan fingerprint density at radius 2 is 1.50 bits per heavy atom. The molecule has 0 amide bonds. The third-order valence-electron chi connectivity index (χ3n) is 0.577. The molecule has 0 saturated carbocycles. The molecule has 0 spiro atoms. The summed E-state index contributed by atoms with van der Waals surface area (Å²) < 4.78 is 0. The van der Waals surface area contributed by atoms with Gasteiger partial charge in [0.15, 0.2) is 0 Å². The van der Waals surface area contributed by atoms with E-state index < -0.39 is 15.4 Å². The molecule has 0 saturated heterocycles. The summed E-state index contributed by atoms with van der Waals surface area (Å²) in [5.41, 5.74) is 1.38. The fraction of sp³-hybridized carbons (Fsp3) is 0.600. The number of rotatable bonds is 0. The topological polar surface area (TPSA) is 0 Å². The minimum absolute atomic E-state index is 0.931. The molecule has 0 fully saturated rings. The molecule has 0 aromatic heterocycles. The van der Waals surface area contributed by atoms with Crippen LogP contribution in [0.2, 0.25) is 0 Å². The molecule has 0 radical (unpaired) electrons. The van der Waals surface area contributed by atoms with Crippen LogP contribution in [0.3, 0.4) is 0 Å². The average Bonchev–Trinajstić information content (AvgIpc) is 1.69. The molecule has 48 valence electrons. The molecular weight excluding hydrogens is 201 g/mol. The van der Waals surface area contributed by atoms with Gasteiger partial charge in [-0.05, 0) is 20.8 Å². The molecule has 3 heteroatoms. The monoisotopic (exact) mass is 210 g/mol. The van der Waals surface area contributed by atoms with Gasteiger partial charge in [0.1, 0.15) is 0 Å². The van der Waals surface area contributed by atoms with Crippen molar-refractivity contribution in [3.05, 3.63) is 11.6 Å². The fourth-order valence-corrected chi connectivity index (χ4v) is 0. The van der Waals surface area contributed by atoms with E-state index in [1.54, 1.807) is 0 Å². The molecule has 0 nitrogen and oxygen atoms in total. The van der Waals surface area contributed by atoms with Crippen LogP contribution in [-0.2, 0) is 0 Å². The Morgan fingerprint density at radius 3 is 1.50 bits per heavy atom. The van der Waals surface area contributed by atoms with Crippen LogP contribution in [0.4, 0.5) is 0 Å². The van der Waals surface area contributed by atoms with E-state index in [0.29, 0.717) is 0 Å². The molecule has 0 aromatic carbocycles. The standard InChI is InChI=1S/C5H10.2ClH.Ga.H/c1-4-5(2)3;;;;/h4H,1-3H3;2*1H;;/q;;;+2;/p-2. The second kappa shape index (κ2) is 10.9. The maximum absolute atomic E-state index is 4.95. The SMILES string of the molecule is CC=C(C)C.[Cl][GaH][Cl]. The molecule has 0 unspecified atom stereocenters. The van der Waals surface area contributed by atoms with Gasteiger partial charge >= 0.3 is 34.7 Å². The second-order valence-electron chi connectivity index (χ2n) is 1.47. The Kier molecular flexibility index (Phi) is 15.9. The zero-order valence-corrected chi connectivity index (χ0v) is 10.0. The van der Waals surface area contributed by atoms with E-state index in [0.717, 1.165) is 0 Å². The van der Waals surface area contributed by atoms with E-state index in [-0.39, 0.29) is 0 Å². The number of hydrogen-bond acceptors (Lipinski definition) is 0. The van der Waals surface area contributed by atoms with E-state index in [2.05, 4.69) is 19.9 Å². The Balaban J connectivity index is 0. The summed E-state index contributed by atoms with van der Waals surface area (Å²) in [5, 5.41) is 0. The van der Waals surface area contributed by atoms with Gasteiger partial charge < -0.3 is 0 Å². The predicted molar refractivity (Wildman–Crippen MR) is 44.0 cm³/mol. The molecule has 0 aliphatic heterocycles. The van der Waals surface area contributed by atoms with Crippen molar-refractivity contribution in [1.82, 2.24) is 0 Å². The van der Waals surface area contributed by atoms with E-state index in [9.17, 15) is 0 Å². The van der Waals surface area contributed by atoms with Gasteiger partial charge in [-0.3, -0.25) is 0 Å². The van der Waals surface area contributed by atoms with Crippen molar-refractivity contribution in [2.45, 2.75) is 20.8 Å². The van der Waals surface area contributed by atoms with Gasteiger partial charge in [-0.1, -0.05) is 11.6 Å². The predicted octanol–water partition coefficient (Wildman–Crippen LogP) is 2.70. The molecule has 0 N–H and O–H groups in total. The minimum atomic E-state index is -0.931. The molecule has 0 bridgehead atoms. The molecular formula is C5H11Cl2Ga. The van der Waals surface area contributed by atoms with Crippen molar-refractivity contribution < 1.29 is 0 Å². The number of halogens is 2. The van der Waals surface area contributed by atoms with Gasteiger partial charge in [-0.2, -0.15) is 0 Å². The molecule has 0 rings (SSSR count).